The quantitative estimate of drug-likeness (QED) is 0.820. The maximum Gasteiger partial charge on any atom is 0.234 e. The molecular formula is C13H14ClNO3S. The topological polar surface area (TPSA) is 63.2 Å². The van der Waals surface area contributed by atoms with E-state index in [-0.39, 0.29) is 23.2 Å². The molecular weight excluding hydrogens is 286 g/mol. The van der Waals surface area contributed by atoms with E-state index < -0.39 is 5.25 Å². The fourth-order valence-corrected chi connectivity index (χ4v) is 2.40. The van der Waals surface area contributed by atoms with Gasteiger partial charge in [0.25, 0.3) is 0 Å². The van der Waals surface area contributed by atoms with Crippen LogP contribution in [0.15, 0.2) is 24.3 Å². The van der Waals surface area contributed by atoms with Gasteiger partial charge < -0.3 is 5.32 Å². The van der Waals surface area contributed by atoms with Gasteiger partial charge in [-0.15, -0.1) is 11.8 Å². The number of benzene rings is 1. The maximum absolute atomic E-state index is 11.7. The van der Waals surface area contributed by atoms with Crippen molar-refractivity contribution in [2.24, 2.45) is 0 Å². The molecule has 4 nitrogen and oxygen atoms in total. The third-order valence-electron chi connectivity index (χ3n) is 2.25. The van der Waals surface area contributed by atoms with Gasteiger partial charge in [0.15, 0.2) is 0 Å². The van der Waals surface area contributed by atoms with Gasteiger partial charge in [-0.3, -0.25) is 14.4 Å². The maximum atomic E-state index is 11.7. The first-order valence-electron chi connectivity index (χ1n) is 5.58. The number of ketones is 2. The number of Topliss-reactive ketones (excluding diaryl/α,β-unsaturated/α-hetero) is 2. The number of halogens is 1. The third-order valence-corrected chi connectivity index (χ3v) is 3.93. The van der Waals surface area contributed by atoms with Gasteiger partial charge in [-0.2, -0.15) is 0 Å². The summed E-state index contributed by atoms with van der Waals surface area (Å²) < 4.78 is 0. The first kappa shape index (κ1) is 15.7. The summed E-state index contributed by atoms with van der Waals surface area (Å²) in [5.74, 6) is -0.694. The van der Waals surface area contributed by atoms with E-state index in [0.717, 1.165) is 11.8 Å². The van der Waals surface area contributed by atoms with E-state index in [2.05, 4.69) is 5.32 Å². The number of hydrogen-bond acceptors (Lipinski definition) is 4. The fraction of sp³-hybridized carbons (Fsp3) is 0.308. The molecule has 1 aromatic rings. The van der Waals surface area contributed by atoms with E-state index in [0.29, 0.717) is 10.7 Å². The van der Waals surface area contributed by atoms with Crippen LogP contribution in [-0.4, -0.2) is 28.5 Å². The van der Waals surface area contributed by atoms with Gasteiger partial charge in [0.05, 0.1) is 5.75 Å². The zero-order valence-corrected chi connectivity index (χ0v) is 12.2. The summed E-state index contributed by atoms with van der Waals surface area (Å²) in [5, 5.41) is 2.48. The van der Waals surface area contributed by atoms with Gasteiger partial charge in [0, 0.05) is 10.7 Å². The lowest BCUT2D eigenvalue weighted by molar-refractivity contribution is -0.123. The Labute approximate surface area is 120 Å². The number of amides is 1. The molecule has 0 fully saturated rings. The minimum Gasteiger partial charge on any atom is -0.325 e. The molecule has 0 saturated heterocycles. The molecule has 1 N–H and O–H groups in total. The van der Waals surface area contributed by atoms with E-state index in [4.69, 9.17) is 11.6 Å². The van der Waals surface area contributed by atoms with Crippen LogP contribution in [0.4, 0.5) is 5.69 Å². The van der Waals surface area contributed by atoms with E-state index >= 15 is 0 Å². The largest absolute Gasteiger partial charge is 0.325 e. The fourth-order valence-electron chi connectivity index (χ4n) is 1.41. The van der Waals surface area contributed by atoms with Crippen molar-refractivity contribution in [3.63, 3.8) is 0 Å². The van der Waals surface area contributed by atoms with Crippen LogP contribution in [0.2, 0.25) is 5.02 Å². The van der Waals surface area contributed by atoms with Gasteiger partial charge >= 0.3 is 0 Å². The highest BCUT2D eigenvalue weighted by Crippen LogP contribution is 2.16. The third kappa shape index (κ3) is 5.44. The Kier molecular flexibility index (Phi) is 6.05. The van der Waals surface area contributed by atoms with Crippen molar-refractivity contribution >= 4 is 46.5 Å². The number of hydrogen-bond donors (Lipinski definition) is 1. The average molecular weight is 300 g/mol. The van der Waals surface area contributed by atoms with Crippen LogP contribution in [0.25, 0.3) is 0 Å². The van der Waals surface area contributed by atoms with Gasteiger partial charge in [0.2, 0.25) is 5.91 Å². The van der Waals surface area contributed by atoms with E-state index in [1.807, 2.05) is 0 Å². The van der Waals surface area contributed by atoms with Crippen LogP contribution >= 0.6 is 23.4 Å². The van der Waals surface area contributed by atoms with E-state index in [9.17, 15) is 14.4 Å². The van der Waals surface area contributed by atoms with Gasteiger partial charge in [0.1, 0.15) is 16.8 Å². The Morgan fingerprint density at radius 2 is 1.68 bits per heavy atom. The molecule has 0 radical (unpaired) electrons. The Morgan fingerprint density at radius 3 is 2.16 bits per heavy atom. The van der Waals surface area contributed by atoms with Gasteiger partial charge in [-0.05, 0) is 38.1 Å². The summed E-state index contributed by atoms with van der Waals surface area (Å²) in [6.07, 6.45) is 0. The molecule has 0 aliphatic rings. The zero-order chi connectivity index (χ0) is 14.4. The van der Waals surface area contributed by atoms with Crippen LogP contribution in [0.3, 0.4) is 0 Å². The van der Waals surface area contributed by atoms with Crippen LogP contribution in [0.5, 0.6) is 0 Å². The number of nitrogens with one attached hydrogen (secondary N) is 1. The average Bonchev–Trinajstić information content (AvgIpc) is 2.31. The molecule has 19 heavy (non-hydrogen) atoms. The number of anilines is 1. The highest BCUT2D eigenvalue weighted by molar-refractivity contribution is 8.02. The summed E-state index contributed by atoms with van der Waals surface area (Å²) in [5.41, 5.74) is 0.622. The molecule has 1 aromatic carbocycles. The predicted octanol–water partition coefficient (Wildman–Crippen LogP) is 2.56. The molecule has 0 aliphatic heterocycles. The first-order chi connectivity index (χ1) is 8.90. The normalized spacial score (nSPS) is 10.3. The van der Waals surface area contributed by atoms with Crippen LogP contribution in [-0.2, 0) is 14.4 Å². The molecule has 0 aliphatic carbocycles. The Hall–Kier alpha value is -1.33. The molecule has 0 unspecified atom stereocenters. The lowest BCUT2D eigenvalue weighted by Gasteiger charge is -2.10. The smallest absolute Gasteiger partial charge is 0.234 e. The summed E-state index contributed by atoms with van der Waals surface area (Å²) in [6, 6.07) is 6.69. The van der Waals surface area contributed by atoms with Crippen LogP contribution in [0.1, 0.15) is 13.8 Å². The first-order valence-corrected chi connectivity index (χ1v) is 7.00. The predicted molar refractivity (Wildman–Crippen MR) is 77.7 cm³/mol. The summed E-state index contributed by atoms with van der Waals surface area (Å²) in [6.45, 7) is 2.69. The second kappa shape index (κ2) is 7.31. The SMILES string of the molecule is CC(=O)C(SCC(=O)Nc1ccc(Cl)cc1)C(C)=O. The number of carbonyl (C=O) groups is 3. The minimum absolute atomic E-state index is 0.0481. The lowest BCUT2D eigenvalue weighted by Crippen LogP contribution is -2.25. The minimum atomic E-state index is -0.768. The molecule has 1 rings (SSSR count). The van der Waals surface area contributed by atoms with Crippen LogP contribution < -0.4 is 5.32 Å². The molecule has 0 bridgehead atoms. The van der Waals surface area contributed by atoms with Crippen molar-refractivity contribution in [3.05, 3.63) is 29.3 Å². The summed E-state index contributed by atoms with van der Waals surface area (Å²) >= 11 is 6.76. The number of carbonyl (C=O) groups excluding carboxylic acids is 3. The van der Waals surface area contributed by atoms with Crippen molar-refractivity contribution in [2.75, 3.05) is 11.1 Å². The summed E-state index contributed by atoms with van der Waals surface area (Å²) in [7, 11) is 0. The van der Waals surface area contributed by atoms with Crippen molar-refractivity contribution in [3.8, 4) is 0 Å². The molecule has 6 heteroatoms. The highest BCUT2D eigenvalue weighted by atomic mass is 35.5. The Morgan fingerprint density at radius 1 is 1.16 bits per heavy atom. The molecule has 0 atom stereocenters. The van der Waals surface area contributed by atoms with Gasteiger partial charge in [-0.1, -0.05) is 11.6 Å². The number of rotatable bonds is 6. The molecule has 0 saturated carbocycles. The highest BCUT2D eigenvalue weighted by Gasteiger charge is 2.21. The van der Waals surface area contributed by atoms with Crippen molar-refractivity contribution in [1.82, 2.24) is 0 Å². The Balaban J connectivity index is 2.49. The Bertz CT molecular complexity index is 473. The molecule has 102 valence electrons. The second-order valence-electron chi connectivity index (χ2n) is 3.97. The van der Waals surface area contributed by atoms with Crippen molar-refractivity contribution in [1.29, 1.82) is 0 Å². The second-order valence-corrected chi connectivity index (χ2v) is 5.50. The zero-order valence-electron chi connectivity index (χ0n) is 10.6. The van der Waals surface area contributed by atoms with Crippen LogP contribution in [0, 0.1) is 0 Å². The van der Waals surface area contributed by atoms with Crippen molar-refractivity contribution < 1.29 is 14.4 Å². The molecule has 0 spiro atoms. The standard InChI is InChI=1S/C13H14ClNO3S/c1-8(16)13(9(2)17)19-7-12(18)15-11-5-3-10(14)4-6-11/h3-6,13H,7H2,1-2H3,(H,15,18). The lowest BCUT2D eigenvalue weighted by atomic mass is 10.2. The summed E-state index contributed by atoms with van der Waals surface area (Å²) in [4.78, 5) is 34.1. The van der Waals surface area contributed by atoms with Crippen molar-refractivity contribution in [2.45, 2.75) is 19.1 Å². The monoisotopic (exact) mass is 299 g/mol. The van der Waals surface area contributed by atoms with E-state index in [1.54, 1.807) is 24.3 Å². The molecule has 0 aromatic heterocycles. The van der Waals surface area contributed by atoms with E-state index in [1.165, 1.54) is 13.8 Å². The number of thioether (sulfide) groups is 1. The molecule has 0 heterocycles. The van der Waals surface area contributed by atoms with Gasteiger partial charge in [-0.25, -0.2) is 0 Å². The molecule has 1 amide bonds.